The first-order chi connectivity index (χ1) is 8.84. The van der Waals surface area contributed by atoms with Crippen LogP contribution in [-0.2, 0) is 6.54 Å². The smallest absolute Gasteiger partial charge is 0.173 e. The van der Waals surface area contributed by atoms with Crippen LogP contribution in [0.25, 0.3) is 5.65 Å². The number of aromatic nitrogens is 2. The van der Waals surface area contributed by atoms with Crippen LogP contribution in [0.2, 0.25) is 0 Å². The average Bonchev–Trinajstić information content (AvgIpc) is 2.61. The number of hydrogen-bond donors (Lipinski definition) is 1. The first-order valence-electron chi connectivity index (χ1n) is 6.38. The lowest BCUT2D eigenvalue weighted by Gasteiger charge is -2.18. The van der Waals surface area contributed by atoms with Crippen LogP contribution in [0.4, 0.5) is 4.39 Å². The third kappa shape index (κ3) is 2.23. The van der Waals surface area contributed by atoms with Gasteiger partial charge >= 0.3 is 0 Å². The van der Waals surface area contributed by atoms with E-state index in [2.05, 4.69) is 15.2 Å². The molecule has 96 valence electrons. The van der Waals surface area contributed by atoms with Gasteiger partial charge in [-0.25, -0.2) is 9.37 Å². The van der Waals surface area contributed by atoms with Gasteiger partial charge in [0.15, 0.2) is 11.5 Å². The molecular weight excluding hydrogens is 231 g/mol. The summed E-state index contributed by atoms with van der Waals surface area (Å²) in [5, 5.41) is 3.38. The van der Waals surface area contributed by atoms with E-state index in [0.717, 1.165) is 44.8 Å². The number of fused-ring (bicyclic) bond motifs is 1. The summed E-state index contributed by atoms with van der Waals surface area (Å²) in [6, 6.07) is 3.17. The number of nitrogens with zero attached hydrogens (tertiary/aromatic N) is 3. The predicted molar refractivity (Wildman–Crippen MR) is 67.9 cm³/mol. The molecule has 0 aromatic carbocycles. The van der Waals surface area contributed by atoms with E-state index in [9.17, 15) is 4.39 Å². The third-order valence-electron chi connectivity index (χ3n) is 3.38. The van der Waals surface area contributed by atoms with Gasteiger partial charge in [-0.3, -0.25) is 4.90 Å². The zero-order valence-corrected chi connectivity index (χ0v) is 10.3. The number of nitrogens with one attached hydrogen (secondary N) is 1. The van der Waals surface area contributed by atoms with Gasteiger partial charge in [-0.1, -0.05) is 0 Å². The molecule has 0 bridgehead atoms. The van der Waals surface area contributed by atoms with Gasteiger partial charge < -0.3 is 9.72 Å². The molecule has 3 heterocycles. The Labute approximate surface area is 105 Å². The molecule has 3 rings (SSSR count). The molecule has 1 aliphatic heterocycles. The van der Waals surface area contributed by atoms with Crippen molar-refractivity contribution in [2.24, 2.45) is 0 Å². The number of pyridine rings is 1. The lowest BCUT2D eigenvalue weighted by Crippen LogP contribution is -2.28. The van der Waals surface area contributed by atoms with E-state index in [4.69, 9.17) is 0 Å². The quantitative estimate of drug-likeness (QED) is 0.868. The Kier molecular flexibility index (Phi) is 3.25. The molecule has 1 saturated heterocycles. The molecule has 0 radical (unpaired) electrons. The topological polar surface area (TPSA) is 32.6 Å². The van der Waals surface area contributed by atoms with Crippen LogP contribution in [0.15, 0.2) is 24.5 Å². The van der Waals surface area contributed by atoms with Crippen LogP contribution in [-0.4, -0.2) is 40.5 Å². The Morgan fingerprint density at radius 3 is 3.22 bits per heavy atom. The lowest BCUT2D eigenvalue weighted by molar-refractivity contribution is 0.280. The molecule has 18 heavy (non-hydrogen) atoms. The lowest BCUT2D eigenvalue weighted by atomic mass is 10.3. The number of rotatable bonds is 2. The zero-order chi connectivity index (χ0) is 12.4. The minimum Gasteiger partial charge on any atom is -0.315 e. The molecule has 2 aromatic rings. The van der Waals surface area contributed by atoms with E-state index < -0.39 is 0 Å². The standard InChI is InChI=1S/C13H17FN4/c14-12-3-1-7-18-11(9-16-13(12)18)10-17-6-2-4-15-5-8-17/h1,3,7,9,15H,2,4-6,8,10H2. The second-order valence-electron chi connectivity index (χ2n) is 4.68. The third-order valence-corrected chi connectivity index (χ3v) is 3.38. The van der Waals surface area contributed by atoms with Crippen LogP contribution < -0.4 is 5.32 Å². The molecule has 0 atom stereocenters. The molecule has 0 aliphatic carbocycles. The molecule has 2 aromatic heterocycles. The first-order valence-corrected chi connectivity index (χ1v) is 6.38. The Morgan fingerprint density at radius 2 is 2.28 bits per heavy atom. The molecule has 0 saturated carbocycles. The van der Waals surface area contributed by atoms with Crippen molar-refractivity contribution in [3.05, 3.63) is 36.0 Å². The zero-order valence-electron chi connectivity index (χ0n) is 10.3. The van der Waals surface area contributed by atoms with Crippen molar-refractivity contribution in [1.82, 2.24) is 19.6 Å². The van der Waals surface area contributed by atoms with Crippen LogP contribution in [0.1, 0.15) is 12.1 Å². The van der Waals surface area contributed by atoms with Crippen LogP contribution >= 0.6 is 0 Å². The van der Waals surface area contributed by atoms with Crippen molar-refractivity contribution in [1.29, 1.82) is 0 Å². The average molecular weight is 248 g/mol. The predicted octanol–water partition coefficient (Wildman–Crippen LogP) is 1.27. The van der Waals surface area contributed by atoms with E-state index in [0.29, 0.717) is 5.65 Å². The van der Waals surface area contributed by atoms with Crippen LogP contribution in [0.5, 0.6) is 0 Å². The van der Waals surface area contributed by atoms with Gasteiger partial charge in [-0.05, 0) is 31.6 Å². The summed E-state index contributed by atoms with van der Waals surface area (Å²) in [6.07, 6.45) is 4.80. The Balaban J connectivity index is 1.83. The minimum absolute atomic E-state index is 0.263. The molecular formula is C13H17FN4. The molecule has 0 spiro atoms. The van der Waals surface area contributed by atoms with Gasteiger partial charge in [-0.15, -0.1) is 0 Å². The van der Waals surface area contributed by atoms with Crippen LogP contribution in [0, 0.1) is 5.82 Å². The second kappa shape index (κ2) is 5.04. The Hall–Kier alpha value is -1.46. The summed E-state index contributed by atoms with van der Waals surface area (Å²) < 4.78 is 15.4. The monoisotopic (exact) mass is 248 g/mol. The van der Waals surface area contributed by atoms with Crippen LogP contribution in [0.3, 0.4) is 0 Å². The van der Waals surface area contributed by atoms with Crippen molar-refractivity contribution in [3.8, 4) is 0 Å². The van der Waals surface area contributed by atoms with Gasteiger partial charge in [0.25, 0.3) is 0 Å². The SMILES string of the molecule is Fc1cccn2c(CN3CCCNCC3)cnc12. The summed E-state index contributed by atoms with van der Waals surface area (Å²) in [5.74, 6) is -0.263. The number of halogens is 1. The van der Waals surface area contributed by atoms with Gasteiger partial charge in [0.1, 0.15) is 0 Å². The maximum absolute atomic E-state index is 13.5. The molecule has 1 N–H and O–H groups in total. The van der Waals surface area contributed by atoms with Crippen molar-refractivity contribution in [2.45, 2.75) is 13.0 Å². The fourth-order valence-electron chi connectivity index (χ4n) is 2.43. The maximum Gasteiger partial charge on any atom is 0.173 e. The minimum atomic E-state index is -0.263. The molecule has 1 aliphatic rings. The summed E-state index contributed by atoms with van der Waals surface area (Å²) in [7, 11) is 0. The van der Waals surface area contributed by atoms with E-state index in [1.165, 1.54) is 6.07 Å². The second-order valence-corrected chi connectivity index (χ2v) is 4.68. The maximum atomic E-state index is 13.5. The van der Waals surface area contributed by atoms with Gasteiger partial charge in [0, 0.05) is 25.8 Å². The van der Waals surface area contributed by atoms with E-state index in [-0.39, 0.29) is 5.82 Å². The highest BCUT2D eigenvalue weighted by atomic mass is 19.1. The first kappa shape index (κ1) is 11.6. The van der Waals surface area contributed by atoms with Gasteiger partial charge in [0.2, 0.25) is 0 Å². The summed E-state index contributed by atoms with van der Waals surface area (Å²) in [6.45, 7) is 5.04. The fraction of sp³-hybridized carbons (Fsp3) is 0.462. The van der Waals surface area contributed by atoms with Crippen molar-refractivity contribution in [2.75, 3.05) is 26.2 Å². The highest BCUT2D eigenvalue weighted by molar-refractivity contribution is 5.41. The van der Waals surface area contributed by atoms with Gasteiger partial charge in [-0.2, -0.15) is 0 Å². The van der Waals surface area contributed by atoms with E-state index in [1.807, 2.05) is 10.6 Å². The highest BCUT2D eigenvalue weighted by Crippen LogP contribution is 2.12. The van der Waals surface area contributed by atoms with Crippen molar-refractivity contribution in [3.63, 3.8) is 0 Å². The fourth-order valence-corrected chi connectivity index (χ4v) is 2.43. The molecule has 1 fully saturated rings. The van der Waals surface area contributed by atoms with Gasteiger partial charge in [0.05, 0.1) is 11.9 Å². The van der Waals surface area contributed by atoms with E-state index in [1.54, 1.807) is 12.3 Å². The summed E-state index contributed by atoms with van der Waals surface area (Å²) in [4.78, 5) is 6.54. The number of imidazole rings is 1. The largest absolute Gasteiger partial charge is 0.315 e. The summed E-state index contributed by atoms with van der Waals surface area (Å²) in [5.41, 5.74) is 1.46. The van der Waals surface area contributed by atoms with Crippen molar-refractivity contribution < 1.29 is 4.39 Å². The molecule has 5 heteroatoms. The normalized spacial score (nSPS) is 18.1. The molecule has 4 nitrogen and oxygen atoms in total. The molecule has 0 amide bonds. The molecule has 0 unspecified atom stereocenters. The Morgan fingerprint density at radius 1 is 1.33 bits per heavy atom. The van der Waals surface area contributed by atoms with E-state index >= 15 is 0 Å². The van der Waals surface area contributed by atoms with Crippen molar-refractivity contribution >= 4 is 5.65 Å². The highest BCUT2D eigenvalue weighted by Gasteiger charge is 2.12. The summed E-state index contributed by atoms with van der Waals surface area (Å²) >= 11 is 0. The Bertz CT molecular complexity index is 529. The number of hydrogen-bond acceptors (Lipinski definition) is 3.